The predicted octanol–water partition coefficient (Wildman–Crippen LogP) is 11.0. The van der Waals surface area contributed by atoms with Crippen LogP contribution in [0.5, 0.6) is 0 Å². The van der Waals surface area contributed by atoms with E-state index in [-0.39, 0.29) is 55.3 Å². The van der Waals surface area contributed by atoms with Gasteiger partial charge >= 0.3 is 23.9 Å². The van der Waals surface area contributed by atoms with Gasteiger partial charge in [-0.05, 0) is 70.8 Å². The van der Waals surface area contributed by atoms with Crippen LogP contribution in [0.4, 0.5) is 0 Å². The average Bonchev–Trinajstić information content (AvgIpc) is 3.69. The van der Waals surface area contributed by atoms with Crippen molar-refractivity contribution in [2.45, 2.75) is 81.2 Å². The molecular formula is C68H62O15. The van der Waals surface area contributed by atoms with Crippen LogP contribution in [0.1, 0.15) is 63.7 Å². The minimum Gasteiger partial charge on any atom is -0.456 e. The van der Waals surface area contributed by atoms with Gasteiger partial charge in [0.2, 0.25) is 5.79 Å². The lowest BCUT2D eigenvalue weighted by Gasteiger charge is -2.51. The maximum absolute atomic E-state index is 14.8. The van der Waals surface area contributed by atoms with Crippen LogP contribution >= 0.6 is 0 Å². The molecule has 0 unspecified atom stereocenters. The Bertz CT molecular complexity index is 3270. The molecule has 2 fully saturated rings. The molecule has 0 radical (unpaired) electrons. The fourth-order valence-electron chi connectivity index (χ4n) is 9.67. The second-order valence-electron chi connectivity index (χ2n) is 19.7. The first-order valence-electron chi connectivity index (χ1n) is 27.3. The third kappa shape index (κ3) is 15.5. The molecule has 0 aliphatic carbocycles. The molecule has 424 valence electrons. The normalized spacial score (nSPS) is 22.1. The summed E-state index contributed by atoms with van der Waals surface area (Å²) in [5.41, 5.74) is 3.93. The highest BCUT2D eigenvalue weighted by Gasteiger charge is 2.62. The Morgan fingerprint density at radius 3 is 1.23 bits per heavy atom. The number of carbonyl (C=O) groups is 4. The van der Waals surface area contributed by atoms with Gasteiger partial charge in [-0.1, -0.05) is 194 Å². The zero-order chi connectivity index (χ0) is 57.1. The highest BCUT2D eigenvalue weighted by molar-refractivity contribution is 5.91. The molecule has 10 rings (SSSR count). The van der Waals surface area contributed by atoms with Gasteiger partial charge in [-0.3, -0.25) is 0 Å². The lowest BCUT2D eigenvalue weighted by molar-refractivity contribution is -0.419. The van der Waals surface area contributed by atoms with Crippen molar-refractivity contribution in [2.75, 3.05) is 19.8 Å². The minimum absolute atomic E-state index is 0.00139. The molecule has 8 aromatic carbocycles. The number of rotatable bonds is 24. The van der Waals surface area contributed by atoms with E-state index in [2.05, 4.69) is 0 Å². The van der Waals surface area contributed by atoms with Crippen LogP contribution in [0.3, 0.4) is 0 Å². The zero-order valence-electron chi connectivity index (χ0n) is 45.3. The second-order valence-corrected chi connectivity index (χ2v) is 19.7. The number of ether oxygens (including phenoxy) is 11. The van der Waals surface area contributed by atoms with E-state index in [4.69, 9.17) is 52.1 Å². The summed E-state index contributed by atoms with van der Waals surface area (Å²) in [7, 11) is 0. The van der Waals surface area contributed by atoms with E-state index in [1.807, 2.05) is 121 Å². The van der Waals surface area contributed by atoms with Crippen LogP contribution < -0.4 is 0 Å². The number of hydrogen-bond donors (Lipinski definition) is 0. The highest BCUT2D eigenvalue weighted by atomic mass is 16.8. The minimum atomic E-state index is -2.50. The molecule has 2 aliphatic rings. The standard InChI is InChI=1S/C68H62O15/c69-63(52-33-17-5-18-34-52)77-47-68(62(82-66(72)55-39-23-8-24-40-55)59(81-65(71)54-37-21-7-22-38-54)57(46-78-68)79-64(70)53-35-19-6-20-36-53)83-67-61(76-44-51-31-15-4-16-32-51)60(75-43-50-29-13-3-14-30-50)58(74-42-49-27-11-2-12-28-49)56(80-67)45-73-41-48-25-9-1-10-26-48/h1-40,56-62,67H,41-47H2/t56-,57-,58-,59-,60+,61-,62+,67+,68+/m1/s1. The molecule has 83 heavy (non-hydrogen) atoms. The van der Waals surface area contributed by atoms with E-state index in [0.717, 1.165) is 22.3 Å². The van der Waals surface area contributed by atoms with Crippen LogP contribution in [-0.2, 0) is 78.5 Å². The van der Waals surface area contributed by atoms with Gasteiger partial charge in [-0.15, -0.1) is 0 Å². The van der Waals surface area contributed by atoms with Gasteiger partial charge in [0.25, 0.3) is 0 Å². The lowest BCUT2D eigenvalue weighted by Crippen LogP contribution is -2.70. The summed E-state index contributed by atoms with van der Waals surface area (Å²) in [6.07, 6.45) is -11.0. The number of benzene rings is 8. The zero-order valence-corrected chi connectivity index (χ0v) is 45.3. The summed E-state index contributed by atoms with van der Waals surface area (Å²) in [6.45, 7) is -1.10. The molecule has 0 N–H and O–H groups in total. The van der Waals surface area contributed by atoms with Crippen molar-refractivity contribution in [1.29, 1.82) is 0 Å². The van der Waals surface area contributed by atoms with Crippen LogP contribution in [0.25, 0.3) is 0 Å². The molecular weight excluding hydrogens is 1060 g/mol. The van der Waals surface area contributed by atoms with Crippen molar-refractivity contribution in [3.63, 3.8) is 0 Å². The average molecular weight is 1120 g/mol. The van der Waals surface area contributed by atoms with Gasteiger partial charge in [-0.2, -0.15) is 0 Å². The topological polar surface area (TPSA) is 170 Å². The molecule has 15 heteroatoms. The maximum atomic E-state index is 14.8. The van der Waals surface area contributed by atoms with Crippen molar-refractivity contribution in [3.8, 4) is 0 Å². The van der Waals surface area contributed by atoms with Gasteiger partial charge in [0.1, 0.15) is 31.0 Å². The molecule has 0 spiro atoms. The summed E-state index contributed by atoms with van der Waals surface area (Å²) < 4.78 is 74.2. The van der Waals surface area contributed by atoms with Gasteiger partial charge < -0.3 is 52.1 Å². The van der Waals surface area contributed by atoms with Gasteiger partial charge in [-0.25, -0.2) is 19.2 Å². The molecule has 8 aromatic rings. The SMILES string of the molecule is O=C(OC[C@@]1(O[C@@H]2O[C@H](COCc3ccccc3)[C@@H](OCc3ccccc3)[C@H](OCc3ccccc3)[C@H]2OCc2ccccc2)OC[C@@H](OC(=O)c2ccccc2)[C@@H](OC(=O)c2ccccc2)[C@@H]1OC(=O)c1ccccc1)c1ccccc1. The van der Waals surface area contributed by atoms with Crippen molar-refractivity contribution in [1.82, 2.24) is 0 Å². The van der Waals surface area contributed by atoms with Crippen LogP contribution in [0.15, 0.2) is 243 Å². The molecule has 0 saturated carbocycles. The smallest absolute Gasteiger partial charge is 0.338 e. The van der Waals surface area contributed by atoms with E-state index < -0.39 is 91.9 Å². The van der Waals surface area contributed by atoms with Gasteiger partial charge in [0, 0.05) is 0 Å². The van der Waals surface area contributed by atoms with E-state index in [9.17, 15) is 19.2 Å². The van der Waals surface area contributed by atoms with Gasteiger partial charge in [0.05, 0.1) is 61.9 Å². The lowest BCUT2D eigenvalue weighted by atomic mass is 9.94. The van der Waals surface area contributed by atoms with E-state index in [0.29, 0.717) is 0 Å². The van der Waals surface area contributed by atoms with Crippen molar-refractivity contribution >= 4 is 23.9 Å². The Labute approximate surface area is 481 Å². The third-order valence-corrected chi connectivity index (χ3v) is 13.9. The van der Waals surface area contributed by atoms with Crippen LogP contribution in [0, 0.1) is 0 Å². The summed E-state index contributed by atoms with van der Waals surface area (Å²) in [6, 6.07) is 71.0. The molecule has 0 aromatic heterocycles. The monoisotopic (exact) mass is 1120 g/mol. The Kier molecular flexibility index (Phi) is 20.0. The maximum Gasteiger partial charge on any atom is 0.338 e. The largest absolute Gasteiger partial charge is 0.456 e. The molecule has 2 heterocycles. The second kappa shape index (κ2) is 28.9. The molecule has 0 bridgehead atoms. The number of hydrogen-bond acceptors (Lipinski definition) is 15. The molecule has 2 saturated heterocycles. The fourth-order valence-corrected chi connectivity index (χ4v) is 9.67. The molecule has 9 atom stereocenters. The first-order chi connectivity index (χ1) is 40.8. The summed E-state index contributed by atoms with van der Waals surface area (Å²) in [4.78, 5) is 57.8. The summed E-state index contributed by atoms with van der Waals surface area (Å²) in [5, 5.41) is 0. The summed E-state index contributed by atoms with van der Waals surface area (Å²) in [5.74, 6) is -5.92. The van der Waals surface area contributed by atoms with Crippen molar-refractivity contribution in [2.24, 2.45) is 0 Å². The first kappa shape index (κ1) is 57.6. The first-order valence-corrected chi connectivity index (χ1v) is 27.3. The predicted molar refractivity (Wildman–Crippen MR) is 303 cm³/mol. The van der Waals surface area contributed by atoms with Gasteiger partial charge in [0.15, 0.2) is 24.6 Å². The molecule has 15 nitrogen and oxygen atoms in total. The Balaban J connectivity index is 1.12. The van der Waals surface area contributed by atoms with Crippen molar-refractivity contribution in [3.05, 3.63) is 287 Å². The summed E-state index contributed by atoms with van der Waals surface area (Å²) >= 11 is 0. The molecule has 2 aliphatic heterocycles. The fraction of sp³-hybridized carbons (Fsp3) is 0.235. The highest BCUT2D eigenvalue weighted by Crippen LogP contribution is 2.40. The number of carbonyl (C=O) groups excluding carboxylic acids is 4. The third-order valence-electron chi connectivity index (χ3n) is 13.9. The Morgan fingerprint density at radius 1 is 0.398 bits per heavy atom. The van der Waals surface area contributed by atoms with Crippen LogP contribution in [0.2, 0.25) is 0 Å². The van der Waals surface area contributed by atoms with Crippen LogP contribution in [-0.4, -0.2) is 98.5 Å². The quantitative estimate of drug-likeness (QED) is 0.0413. The van der Waals surface area contributed by atoms with E-state index in [1.54, 1.807) is 109 Å². The Hall–Kier alpha value is -8.64. The van der Waals surface area contributed by atoms with E-state index in [1.165, 1.54) is 12.1 Å². The van der Waals surface area contributed by atoms with Crippen molar-refractivity contribution < 1.29 is 71.3 Å². The molecule has 0 amide bonds. The van der Waals surface area contributed by atoms with E-state index >= 15 is 0 Å². The number of esters is 4. The Morgan fingerprint density at radius 2 is 0.771 bits per heavy atom.